The van der Waals surface area contributed by atoms with Gasteiger partial charge >= 0.3 is 0 Å². The summed E-state index contributed by atoms with van der Waals surface area (Å²) in [5.41, 5.74) is 0. The average molecular weight is 463 g/mol. The molecule has 1 atom stereocenters. The number of piperidine rings is 1. The van der Waals surface area contributed by atoms with Gasteiger partial charge in [0.1, 0.15) is 5.00 Å². The highest BCUT2D eigenvalue weighted by Gasteiger charge is 2.33. The maximum absolute atomic E-state index is 13.3. The van der Waals surface area contributed by atoms with Gasteiger partial charge in [0.15, 0.2) is 5.03 Å². The van der Waals surface area contributed by atoms with Gasteiger partial charge in [-0.15, -0.1) is 0 Å². The molecular formula is C18H23ClN2O4S3. The van der Waals surface area contributed by atoms with Crippen molar-refractivity contribution in [2.24, 2.45) is 5.92 Å². The summed E-state index contributed by atoms with van der Waals surface area (Å²) in [6.07, 6.45) is 2.43. The first-order valence-corrected chi connectivity index (χ1v) is 13.5. The molecule has 0 spiro atoms. The molecule has 10 heteroatoms. The molecule has 1 fully saturated rings. The minimum Gasteiger partial charge on any atom is -0.361 e. The summed E-state index contributed by atoms with van der Waals surface area (Å²) >= 11 is 6.84. The van der Waals surface area contributed by atoms with E-state index in [4.69, 9.17) is 11.6 Å². The molecule has 3 rings (SSSR count). The third-order valence-electron chi connectivity index (χ3n) is 4.62. The predicted octanol–water partition coefficient (Wildman–Crippen LogP) is 4.05. The molecule has 1 aromatic heterocycles. The fraction of sp³-hybridized carbons (Fsp3) is 0.500. The standard InChI is InChI=1S/C18H23ClN2O4S3/c1-3-11-27(22,23)18-20-16(17(26-18)21-10-4-5-13(2)12-21)28(24,25)15-8-6-14(19)7-9-15/h6-9,13H,3-5,10-12H2,1-2H3/t13-/m1/s1. The zero-order valence-corrected chi connectivity index (χ0v) is 19.0. The molecule has 0 bridgehead atoms. The lowest BCUT2D eigenvalue weighted by Gasteiger charge is -2.31. The van der Waals surface area contributed by atoms with Crippen LogP contribution in [0, 0.1) is 5.92 Å². The Morgan fingerprint density at radius 1 is 1.21 bits per heavy atom. The lowest BCUT2D eigenvalue weighted by molar-refractivity contribution is 0.446. The van der Waals surface area contributed by atoms with Crippen molar-refractivity contribution in [1.29, 1.82) is 0 Å². The lowest BCUT2D eigenvalue weighted by atomic mass is 10.0. The van der Waals surface area contributed by atoms with Crippen molar-refractivity contribution in [3.63, 3.8) is 0 Å². The van der Waals surface area contributed by atoms with Crippen LogP contribution >= 0.6 is 22.9 Å². The second kappa shape index (κ2) is 8.30. The first-order chi connectivity index (χ1) is 13.1. The van der Waals surface area contributed by atoms with E-state index in [9.17, 15) is 16.8 Å². The molecule has 1 aliphatic rings. The summed E-state index contributed by atoms with van der Waals surface area (Å²) in [7, 11) is -7.59. The van der Waals surface area contributed by atoms with Crippen LogP contribution in [0.4, 0.5) is 5.00 Å². The highest BCUT2D eigenvalue weighted by atomic mass is 35.5. The van der Waals surface area contributed by atoms with Crippen molar-refractivity contribution in [2.45, 2.75) is 47.4 Å². The molecule has 28 heavy (non-hydrogen) atoms. The molecule has 1 saturated heterocycles. The van der Waals surface area contributed by atoms with E-state index in [1.165, 1.54) is 24.3 Å². The maximum atomic E-state index is 13.3. The van der Waals surface area contributed by atoms with E-state index in [0.717, 1.165) is 24.2 Å². The van der Waals surface area contributed by atoms with Gasteiger partial charge in [-0.25, -0.2) is 21.8 Å². The number of hydrogen-bond acceptors (Lipinski definition) is 7. The van der Waals surface area contributed by atoms with Crippen molar-refractivity contribution in [1.82, 2.24) is 4.98 Å². The zero-order chi connectivity index (χ0) is 20.5. The van der Waals surface area contributed by atoms with Crippen LogP contribution in [-0.2, 0) is 19.7 Å². The van der Waals surface area contributed by atoms with Gasteiger partial charge in [0.25, 0.3) is 0 Å². The smallest absolute Gasteiger partial charge is 0.226 e. The molecule has 0 amide bonds. The molecule has 1 aromatic carbocycles. The molecule has 6 nitrogen and oxygen atoms in total. The van der Waals surface area contributed by atoms with Crippen molar-refractivity contribution < 1.29 is 16.8 Å². The molecular weight excluding hydrogens is 440 g/mol. The van der Waals surface area contributed by atoms with E-state index in [2.05, 4.69) is 11.9 Å². The van der Waals surface area contributed by atoms with Crippen LogP contribution in [0.3, 0.4) is 0 Å². The number of benzene rings is 1. The highest BCUT2D eigenvalue weighted by molar-refractivity contribution is 7.94. The molecule has 0 radical (unpaired) electrons. The SMILES string of the molecule is CCCS(=O)(=O)c1nc(S(=O)(=O)c2ccc(Cl)cc2)c(N2CCC[C@@H](C)C2)s1. The summed E-state index contributed by atoms with van der Waals surface area (Å²) in [4.78, 5) is 6.15. The molecule has 154 valence electrons. The number of halogens is 1. The summed E-state index contributed by atoms with van der Waals surface area (Å²) in [5, 5.41) is 0.660. The monoisotopic (exact) mass is 462 g/mol. The molecule has 0 N–H and O–H groups in total. The van der Waals surface area contributed by atoms with Crippen LogP contribution < -0.4 is 4.90 Å². The third-order valence-corrected chi connectivity index (χ3v) is 10.2. The van der Waals surface area contributed by atoms with Crippen LogP contribution in [0.2, 0.25) is 5.02 Å². The number of thiazole rings is 1. The van der Waals surface area contributed by atoms with Gasteiger partial charge in [-0.2, -0.15) is 0 Å². The Morgan fingerprint density at radius 3 is 2.50 bits per heavy atom. The Morgan fingerprint density at radius 2 is 1.89 bits per heavy atom. The first kappa shape index (κ1) is 21.5. The normalized spacial score (nSPS) is 18.4. The summed E-state index contributed by atoms with van der Waals surface area (Å²) in [6.45, 7) is 5.24. The summed E-state index contributed by atoms with van der Waals surface area (Å²) in [5.74, 6) is 0.342. The second-order valence-electron chi connectivity index (χ2n) is 7.06. The predicted molar refractivity (Wildman–Crippen MR) is 112 cm³/mol. The van der Waals surface area contributed by atoms with Crippen LogP contribution in [0.15, 0.2) is 38.5 Å². The van der Waals surface area contributed by atoms with Crippen molar-refractivity contribution in [2.75, 3.05) is 23.7 Å². The number of rotatable bonds is 6. The third kappa shape index (κ3) is 4.37. The first-order valence-electron chi connectivity index (χ1n) is 9.14. The van der Waals surface area contributed by atoms with E-state index >= 15 is 0 Å². The van der Waals surface area contributed by atoms with Crippen molar-refractivity contribution >= 4 is 47.6 Å². The van der Waals surface area contributed by atoms with Gasteiger partial charge in [-0.3, -0.25) is 0 Å². The van der Waals surface area contributed by atoms with Crippen LogP contribution in [0.1, 0.15) is 33.1 Å². The largest absolute Gasteiger partial charge is 0.361 e. The number of nitrogens with zero attached hydrogens (tertiary/aromatic N) is 2. The fourth-order valence-corrected chi connectivity index (χ4v) is 7.89. The highest BCUT2D eigenvalue weighted by Crippen LogP contribution is 2.39. The Labute approximate surface area is 175 Å². The quantitative estimate of drug-likeness (QED) is 0.643. The van der Waals surface area contributed by atoms with Gasteiger partial charge in [-0.05, 0) is 49.4 Å². The van der Waals surface area contributed by atoms with Gasteiger partial charge in [0.2, 0.25) is 24.0 Å². The van der Waals surface area contributed by atoms with Crippen LogP contribution in [0.25, 0.3) is 0 Å². The molecule has 0 aliphatic carbocycles. The minimum atomic E-state index is -3.97. The number of hydrogen-bond donors (Lipinski definition) is 0. The number of sulfone groups is 2. The molecule has 2 heterocycles. The van der Waals surface area contributed by atoms with Crippen LogP contribution in [-0.4, -0.2) is 40.7 Å². The number of aromatic nitrogens is 1. The van der Waals surface area contributed by atoms with E-state index in [1.54, 1.807) is 6.92 Å². The summed E-state index contributed by atoms with van der Waals surface area (Å²) < 4.78 is 51.5. The maximum Gasteiger partial charge on any atom is 0.226 e. The van der Waals surface area contributed by atoms with E-state index in [0.29, 0.717) is 35.5 Å². The Hall–Kier alpha value is -1.16. The minimum absolute atomic E-state index is 0.0490. The van der Waals surface area contributed by atoms with Gasteiger partial charge in [-0.1, -0.05) is 36.8 Å². The topological polar surface area (TPSA) is 84.4 Å². The molecule has 1 aliphatic heterocycles. The summed E-state index contributed by atoms with van der Waals surface area (Å²) in [6, 6.07) is 5.83. The van der Waals surface area contributed by atoms with E-state index < -0.39 is 19.7 Å². The van der Waals surface area contributed by atoms with E-state index in [-0.39, 0.29) is 20.0 Å². The number of anilines is 1. The Kier molecular flexibility index (Phi) is 6.38. The second-order valence-corrected chi connectivity index (χ2v) is 12.6. The average Bonchev–Trinajstić information content (AvgIpc) is 3.09. The fourth-order valence-electron chi connectivity index (χ4n) is 3.24. The van der Waals surface area contributed by atoms with E-state index in [1.807, 2.05) is 4.90 Å². The zero-order valence-electron chi connectivity index (χ0n) is 15.8. The van der Waals surface area contributed by atoms with Gasteiger partial charge < -0.3 is 4.90 Å². The van der Waals surface area contributed by atoms with Crippen LogP contribution in [0.5, 0.6) is 0 Å². The van der Waals surface area contributed by atoms with Gasteiger partial charge in [0.05, 0.1) is 10.6 Å². The van der Waals surface area contributed by atoms with Gasteiger partial charge in [0, 0.05) is 18.1 Å². The van der Waals surface area contributed by atoms with Crippen molar-refractivity contribution in [3.05, 3.63) is 29.3 Å². The Balaban J connectivity index is 2.15. The Bertz CT molecular complexity index is 1050. The molecule has 0 saturated carbocycles. The van der Waals surface area contributed by atoms with Crippen molar-refractivity contribution in [3.8, 4) is 0 Å². The lowest BCUT2D eigenvalue weighted by Crippen LogP contribution is -2.34. The molecule has 2 aromatic rings. The molecule has 0 unspecified atom stereocenters.